The first-order valence-electron chi connectivity index (χ1n) is 13.0. The van der Waals surface area contributed by atoms with Crippen LogP contribution in [0, 0.1) is 20.8 Å². The number of nitrogens with zero attached hydrogens (tertiary/aromatic N) is 3. The van der Waals surface area contributed by atoms with Gasteiger partial charge >= 0.3 is 0 Å². The number of aryl methyl sites for hydroxylation is 2. The standard InChI is InChI=1S/C31H33N5O2S/c1-20-16-24(13-14-26(20)33-28(37)19-38-4)36-30(29(34-31(36)39)27-12-8-9-15-32-27)25-17-21(2)35(22(25)3)18-23-10-6-5-7-11-23/h5-17,29-30H,18-19H2,1-4H3,(H,33,37)(H,34,39)/t29-,30+/m0/s1. The van der Waals surface area contributed by atoms with E-state index in [0.29, 0.717) is 5.11 Å². The van der Waals surface area contributed by atoms with Crippen LogP contribution in [0.4, 0.5) is 11.4 Å². The maximum Gasteiger partial charge on any atom is 0.250 e. The lowest BCUT2D eigenvalue weighted by Crippen LogP contribution is -2.29. The summed E-state index contributed by atoms with van der Waals surface area (Å²) >= 11 is 5.94. The highest BCUT2D eigenvalue weighted by molar-refractivity contribution is 7.80. The van der Waals surface area contributed by atoms with Gasteiger partial charge in [-0.3, -0.25) is 9.78 Å². The third-order valence-electron chi connectivity index (χ3n) is 7.25. The molecule has 0 saturated carbocycles. The van der Waals surface area contributed by atoms with Crippen molar-refractivity contribution < 1.29 is 9.53 Å². The SMILES string of the molecule is COCC(=O)Nc1ccc(N2C(=S)N[C@@H](c3ccccn3)[C@H]2c2cc(C)n(Cc3ccccc3)c2C)cc1C. The van der Waals surface area contributed by atoms with E-state index in [4.69, 9.17) is 21.9 Å². The monoisotopic (exact) mass is 539 g/mol. The summed E-state index contributed by atoms with van der Waals surface area (Å²) in [5.41, 5.74) is 8.40. The van der Waals surface area contributed by atoms with E-state index < -0.39 is 0 Å². The van der Waals surface area contributed by atoms with Crippen LogP contribution in [0.25, 0.3) is 0 Å². The minimum atomic E-state index is -0.189. The molecule has 1 saturated heterocycles. The zero-order valence-electron chi connectivity index (χ0n) is 22.6. The molecule has 0 spiro atoms. The van der Waals surface area contributed by atoms with Crippen LogP contribution >= 0.6 is 12.2 Å². The maximum atomic E-state index is 12.1. The topological polar surface area (TPSA) is 71.4 Å². The lowest BCUT2D eigenvalue weighted by molar-refractivity contribution is -0.119. The van der Waals surface area contributed by atoms with E-state index in [1.807, 2.05) is 49.5 Å². The number of aromatic nitrogens is 2. The van der Waals surface area contributed by atoms with Crippen molar-refractivity contribution in [3.05, 3.63) is 113 Å². The molecule has 5 rings (SSSR count). The van der Waals surface area contributed by atoms with Crippen LogP contribution in [0.15, 0.2) is 79.0 Å². The summed E-state index contributed by atoms with van der Waals surface area (Å²) in [6, 6.07) is 24.5. The summed E-state index contributed by atoms with van der Waals surface area (Å²) in [6.45, 7) is 7.12. The molecule has 0 radical (unpaired) electrons. The molecule has 2 aromatic heterocycles. The van der Waals surface area contributed by atoms with Gasteiger partial charge in [0.15, 0.2) is 5.11 Å². The molecule has 1 fully saturated rings. The minimum Gasteiger partial charge on any atom is -0.375 e. The van der Waals surface area contributed by atoms with E-state index in [1.165, 1.54) is 29.6 Å². The first kappa shape index (κ1) is 26.6. The fraction of sp³-hybridized carbons (Fsp3) is 0.258. The number of carbonyl (C=O) groups excluding carboxylic acids is 1. The summed E-state index contributed by atoms with van der Waals surface area (Å²) in [7, 11) is 1.51. The number of methoxy groups -OCH3 is 1. The molecule has 7 nitrogen and oxygen atoms in total. The molecule has 0 unspecified atom stereocenters. The number of ether oxygens (including phenoxy) is 1. The zero-order chi connectivity index (χ0) is 27.5. The van der Waals surface area contributed by atoms with Crippen LogP contribution in [-0.2, 0) is 16.1 Å². The second kappa shape index (κ2) is 11.4. The fourth-order valence-electron chi connectivity index (χ4n) is 5.34. The average molecular weight is 540 g/mol. The molecule has 1 aliphatic rings. The Morgan fingerprint density at radius 1 is 1.05 bits per heavy atom. The van der Waals surface area contributed by atoms with Crippen LogP contribution in [-0.4, -0.2) is 34.3 Å². The van der Waals surface area contributed by atoms with Crippen molar-refractivity contribution in [2.75, 3.05) is 23.9 Å². The average Bonchev–Trinajstić information content (AvgIpc) is 3.42. The number of nitrogens with one attached hydrogen (secondary N) is 2. The van der Waals surface area contributed by atoms with Gasteiger partial charge in [0.1, 0.15) is 6.61 Å². The van der Waals surface area contributed by atoms with Gasteiger partial charge in [-0.05, 0) is 86.1 Å². The Morgan fingerprint density at radius 3 is 2.51 bits per heavy atom. The predicted molar refractivity (Wildman–Crippen MR) is 159 cm³/mol. The highest BCUT2D eigenvalue weighted by Crippen LogP contribution is 2.44. The number of rotatable bonds is 8. The Bertz CT molecular complexity index is 1490. The molecule has 0 aliphatic carbocycles. The molecule has 2 atom stereocenters. The van der Waals surface area contributed by atoms with E-state index in [2.05, 4.69) is 70.3 Å². The van der Waals surface area contributed by atoms with Gasteiger partial charge in [0.05, 0.1) is 17.8 Å². The van der Waals surface area contributed by atoms with Crippen molar-refractivity contribution in [2.24, 2.45) is 0 Å². The molecule has 1 aliphatic heterocycles. The van der Waals surface area contributed by atoms with Gasteiger partial charge in [-0.1, -0.05) is 36.4 Å². The number of amides is 1. The molecular formula is C31H33N5O2S. The summed E-state index contributed by atoms with van der Waals surface area (Å²) in [5.74, 6) is -0.189. The Kier molecular flexibility index (Phi) is 7.77. The van der Waals surface area contributed by atoms with Crippen LogP contribution in [0.3, 0.4) is 0 Å². The van der Waals surface area contributed by atoms with Crippen molar-refractivity contribution in [2.45, 2.75) is 39.4 Å². The molecule has 4 aromatic rings. The Labute approximate surface area is 234 Å². The third-order valence-corrected chi connectivity index (χ3v) is 7.57. The Hall–Kier alpha value is -4.01. The van der Waals surface area contributed by atoms with E-state index in [0.717, 1.165) is 29.2 Å². The smallest absolute Gasteiger partial charge is 0.250 e. The second-order valence-corrected chi connectivity index (χ2v) is 10.3. The molecule has 39 heavy (non-hydrogen) atoms. The molecule has 2 N–H and O–H groups in total. The van der Waals surface area contributed by atoms with E-state index >= 15 is 0 Å². The lowest BCUT2D eigenvalue weighted by Gasteiger charge is -2.29. The summed E-state index contributed by atoms with van der Waals surface area (Å²) < 4.78 is 7.32. The van der Waals surface area contributed by atoms with Crippen molar-refractivity contribution in [1.29, 1.82) is 0 Å². The van der Waals surface area contributed by atoms with Gasteiger partial charge < -0.3 is 24.8 Å². The summed E-state index contributed by atoms with van der Waals surface area (Å²) in [4.78, 5) is 19.0. The number of hydrogen-bond donors (Lipinski definition) is 2. The highest BCUT2D eigenvalue weighted by atomic mass is 32.1. The van der Waals surface area contributed by atoms with E-state index in [9.17, 15) is 4.79 Å². The van der Waals surface area contributed by atoms with Crippen molar-refractivity contribution in [3.8, 4) is 0 Å². The Balaban J connectivity index is 1.56. The number of benzene rings is 2. The van der Waals surface area contributed by atoms with Gasteiger partial charge in [0.2, 0.25) is 5.91 Å². The first-order chi connectivity index (χ1) is 18.9. The van der Waals surface area contributed by atoms with Crippen molar-refractivity contribution in [3.63, 3.8) is 0 Å². The minimum absolute atomic E-state index is 0.00769. The molecule has 0 bridgehead atoms. The Morgan fingerprint density at radius 2 is 1.82 bits per heavy atom. The predicted octanol–water partition coefficient (Wildman–Crippen LogP) is 5.62. The number of hydrogen-bond acceptors (Lipinski definition) is 4. The van der Waals surface area contributed by atoms with Crippen LogP contribution in [0.5, 0.6) is 0 Å². The van der Waals surface area contributed by atoms with Crippen LogP contribution in [0.2, 0.25) is 0 Å². The van der Waals surface area contributed by atoms with Gasteiger partial charge in [-0.25, -0.2) is 0 Å². The number of pyridine rings is 1. The summed E-state index contributed by atoms with van der Waals surface area (Å²) in [6.07, 6.45) is 1.82. The van der Waals surface area contributed by atoms with Crippen LogP contribution < -0.4 is 15.5 Å². The zero-order valence-corrected chi connectivity index (χ0v) is 23.5. The second-order valence-electron chi connectivity index (χ2n) is 9.88. The van der Waals surface area contributed by atoms with Gasteiger partial charge in [0.25, 0.3) is 0 Å². The molecule has 3 heterocycles. The van der Waals surface area contributed by atoms with Gasteiger partial charge in [-0.2, -0.15) is 0 Å². The number of thiocarbonyl (C=S) groups is 1. The molecule has 8 heteroatoms. The number of carbonyl (C=O) groups is 1. The lowest BCUT2D eigenvalue weighted by atomic mass is 9.96. The fourth-order valence-corrected chi connectivity index (χ4v) is 5.69. The van der Waals surface area contributed by atoms with Gasteiger partial charge in [0, 0.05) is 42.6 Å². The third kappa shape index (κ3) is 5.44. The first-order valence-corrected chi connectivity index (χ1v) is 13.4. The van der Waals surface area contributed by atoms with Crippen LogP contribution in [0.1, 0.15) is 45.9 Å². The maximum absolute atomic E-state index is 12.1. The summed E-state index contributed by atoms with van der Waals surface area (Å²) in [5, 5.41) is 7.11. The molecule has 200 valence electrons. The molecule has 2 aromatic carbocycles. The highest BCUT2D eigenvalue weighted by Gasteiger charge is 2.42. The van der Waals surface area contributed by atoms with E-state index in [1.54, 1.807) is 0 Å². The van der Waals surface area contributed by atoms with Gasteiger partial charge in [-0.15, -0.1) is 0 Å². The van der Waals surface area contributed by atoms with Crippen molar-refractivity contribution in [1.82, 2.24) is 14.9 Å². The van der Waals surface area contributed by atoms with Crippen molar-refractivity contribution >= 4 is 34.6 Å². The normalized spacial score (nSPS) is 16.8. The van der Waals surface area contributed by atoms with E-state index in [-0.39, 0.29) is 24.6 Å². The molecule has 1 amide bonds. The number of anilines is 2. The molecular weight excluding hydrogens is 506 g/mol. The largest absolute Gasteiger partial charge is 0.375 e. The quantitative estimate of drug-likeness (QED) is 0.283.